The van der Waals surface area contributed by atoms with Crippen molar-refractivity contribution in [3.05, 3.63) is 60.2 Å². The maximum absolute atomic E-state index is 12.2. The van der Waals surface area contributed by atoms with Gasteiger partial charge in [0.2, 0.25) is 0 Å². The summed E-state index contributed by atoms with van der Waals surface area (Å²) in [6.45, 7) is 2.83. The molecule has 0 spiro atoms. The second-order valence-corrected chi connectivity index (χ2v) is 9.13. The predicted molar refractivity (Wildman–Crippen MR) is 137 cm³/mol. The minimum absolute atomic E-state index is 0.0503. The fraction of sp³-hybridized carbons (Fsp3) is 0.433. The minimum atomic E-state index is -0.0503. The minimum Gasteiger partial charge on any atom is -0.466 e. The first kappa shape index (κ1) is 22.6. The van der Waals surface area contributed by atoms with Crippen LogP contribution in [0.4, 0.5) is 0 Å². The van der Waals surface area contributed by atoms with Gasteiger partial charge in [-0.3, -0.25) is 4.79 Å². The maximum Gasteiger partial charge on any atom is 0.305 e. The van der Waals surface area contributed by atoms with Crippen molar-refractivity contribution in [2.45, 2.75) is 77.6 Å². The first-order chi connectivity index (χ1) is 15.8. The SMILES string of the molecule is CCCCCCCCCCOC(=O)CCCc1ccc2ccc3cccc4ccc1c2c34. The molecule has 0 atom stereocenters. The molecule has 0 aromatic heterocycles. The Labute approximate surface area is 192 Å². The number of rotatable bonds is 13. The van der Waals surface area contributed by atoms with Crippen LogP contribution in [-0.2, 0) is 16.0 Å². The number of carbonyl (C=O) groups is 1. The fourth-order valence-corrected chi connectivity index (χ4v) is 4.93. The third kappa shape index (κ3) is 5.41. The number of benzene rings is 4. The third-order valence-corrected chi connectivity index (χ3v) is 6.71. The van der Waals surface area contributed by atoms with Gasteiger partial charge in [-0.1, -0.05) is 106 Å². The van der Waals surface area contributed by atoms with Crippen LogP contribution < -0.4 is 0 Å². The first-order valence-electron chi connectivity index (χ1n) is 12.6. The molecular formula is C30H36O2. The average molecular weight is 429 g/mol. The zero-order valence-electron chi connectivity index (χ0n) is 19.5. The zero-order valence-corrected chi connectivity index (χ0v) is 19.5. The van der Waals surface area contributed by atoms with Crippen LogP contribution in [0, 0.1) is 0 Å². The van der Waals surface area contributed by atoms with Crippen LogP contribution in [0.25, 0.3) is 32.3 Å². The van der Waals surface area contributed by atoms with Gasteiger partial charge >= 0.3 is 5.97 Å². The smallest absolute Gasteiger partial charge is 0.305 e. The lowest BCUT2D eigenvalue weighted by molar-refractivity contribution is -0.143. The molecule has 0 saturated heterocycles. The van der Waals surface area contributed by atoms with Gasteiger partial charge in [0, 0.05) is 6.42 Å². The van der Waals surface area contributed by atoms with E-state index in [1.165, 1.54) is 82.8 Å². The molecule has 0 fully saturated rings. The molecule has 0 aliphatic carbocycles. The molecule has 0 amide bonds. The van der Waals surface area contributed by atoms with Gasteiger partial charge in [0.05, 0.1) is 6.61 Å². The van der Waals surface area contributed by atoms with E-state index in [4.69, 9.17) is 4.74 Å². The van der Waals surface area contributed by atoms with Crippen LogP contribution in [0.1, 0.15) is 76.7 Å². The molecule has 168 valence electrons. The fourth-order valence-electron chi connectivity index (χ4n) is 4.93. The lowest BCUT2D eigenvalue weighted by Crippen LogP contribution is -2.06. The van der Waals surface area contributed by atoms with Gasteiger partial charge in [-0.2, -0.15) is 0 Å². The monoisotopic (exact) mass is 428 g/mol. The number of esters is 1. The second kappa shape index (κ2) is 11.3. The summed E-state index contributed by atoms with van der Waals surface area (Å²) in [7, 11) is 0. The average Bonchev–Trinajstić information content (AvgIpc) is 2.82. The molecule has 4 rings (SSSR count). The normalized spacial score (nSPS) is 11.7. The molecule has 0 radical (unpaired) electrons. The summed E-state index contributed by atoms with van der Waals surface area (Å²) < 4.78 is 5.47. The number of carbonyl (C=O) groups excluding carboxylic acids is 1. The molecule has 32 heavy (non-hydrogen) atoms. The standard InChI is InChI=1S/C30H36O2/c1-2-3-4-5-6-7-8-9-22-32-28(31)15-11-12-23-16-17-26-19-18-24-13-10-14-25-20-21-27(23)30(26)29(24)25/h10,13-14,16-21H,2-9,11-12,15,22H2,1H3. The van der Waals surface area contributed by atoms with Crippen molar-refractivity contribution in [3.8, 4) is 0 Å². The Morgan fingerprint density at radius 2 is 1.31 bits per heavy atom. The Bertz CT molecular complexity index is 1130. The van der Waals surface area contributed by atoms with Crippen LogP contribution in [0.15, 0.2) is 54.6 Å². The van der Waals surface area contributed by atoms with Gasteiger partial charge < -0.3 is 4.74 Å². The first-order valence-corrected chi connectivity index (χ1v) is 12.6. The molecule has 0 heterocycles. The van der Waals surface area contributed by atoms with E-state index in [-0.39, 0.29) is 5.97 Å². The van der Waals surface area contributed by atoms with Gasteiger partial charge in [0.1, 0.15) is 0 Å². The highest BCUT2D eigenvalue weighted by atomic mass is 16.5. The summed E-state index contributed by atoms with van der Waals surface area (Å²) in [4.78, 5) is 12.2. The highest BCUT2D eigenvalue weighted by molar-refractivity contribution is 6.23. The van der Waals surface area contributed by atoms with Crippen molar-refractivity contribution in [1.29, 1.82) is 0 Å². The molecular weight excluding hydrogens is 392 g/mol. The number of ether oxygens (including phenoxy) is 1. The zero-order chi connectivity index (χ0) is 22.2. The van der Waals surface area contributed by atoms with Crippen LogP contribution in [-0.4, -0.2) is 12.6 Å². The molecule has 2 heteroatoms. The van der Waals surface area contributed by atoms with E-state index in [0.717, 1.165) is 19.3 Å². The number of hydrogen-bond donors (Lipinski definition) is 0. The van der Waals surface area contributed by atoms with Crippen molar-refractivity contribution in [1.82, 2.24) is 0 Å². The lowest BCUT2D eigenvalue weighted by Gasteiger charge is -2.14. The molecule has 2 nitrogen and oxygen atoms in total. The highest BCUT2D eigenvalue weighted by Gasteiger charge is 2.11. The van der Waals surface area contributed by atoms with Crippen molar-refractivity contribution in [2.24, 2.45) is 0 Å². The van der Waals surface area contributed by atoms with E-state index in [9.17, 15) is 4.79 Å². The topological polar surface area (TPSA) is 26.3 Å². The molecule has 0 N–H and O–H groups in total. The van der Waals surface area contributed by atoms with Crippen LogP contribution >= 0.6 is 0 Å². The molecule has 0 unspecified atom stereocenters. The van der Waals surface area contributed by atoms with E-state index in [0.29, 0.717) is 13.0 Å². The lowest BCUT2D eigenvalue weighted by atomic mass is 9.90. The maximum atomic E-state index is 12.2. The Balaban J connectivity index is 1.25. The third-order valence-electron chi connectivity index (χ3n) is 6.71. The van der Waals surface area contributed by atoms with E-state index in [1.54, 1.807) is 0 Å². The van der Waals surface area contributed by atoms with Crippen molar-refractivity contribution >= 4 is 38.3 Å². The largest absolute Gasteiger partial charge is 0.466 e. The summed E-state index contributed by atoms with van der Waals surface area (Å²) in [6, 6.07) is 19.9. The summed E-state index contributed by atoms with van der Waals surface area (Å²) >= 11 is 0. The molecule has 0 bridgehead atoms. The van der Waals surface area contributed by atoms with Crippen LogP contribution in [0.3, 0.4) is 0 Å². The number of hydrogen-bond acceptors (Lipinski definition) is 2. The van der Waals surface area contributed by atoms with Gasteiger partial charge in [-0.05, 0) is 57.1 Å². The quantitative estimate of drug-likeness (QED) is 0.121. The summed E-state index contributed by atoms with van der Waals surface area (Å²) in [5.74, 6) is -0.0503. The Morgan fingerprint density at radius 3 is 2.06 bits per heavy atom. The molecule has 4 aromatic rings. The van der Waals surface area contributed by atoms with Gasteiger partial charge in [0.15, 0.2) is 0 Å². The van der Waals surface area contributed by atoms with Gasteiger partial charge in [-0.25, -0.2) is 0 Å². The van der Waals surface area contributed by atoms with Crippen LogP contribution in [0.5, 0.6) is 0 Å². The van der Waals surface area contributed by atoms with E-state index < -0.39 is 0 Å². The van der Waals surface area contributed by atoms with Gasteiger partial charge in [0.25, 0.3) is 0 Å². The van der Waals surface area contributed by atoms with E-state index in [1.807, 2.05) is 0 Å². The molecule has 4 aromatic carbocycles. The van der Waals surface area contributed by atoms with E-state index >= 15 is 0 Å². The van der Waals surface area contributed by atoms with Gasteiger partial charge in [-0.15, -0.1) is 0 Å². The molecule has 0 aliphatic rings. The number of unbranched alkanes of at least 4 members (excludes halogenated alkanes) is 7. The predicted octanol–water partition coefficient (Wildman–Crippen LogP) is 8.59. The Hall–Kier alpha value is -2.61. The van der Waals surface area contributed by atoms with Crippen molar-refractivity contribution in [3.63, 3.8) is 0 Å². The number of aryl methyl sites for hydroxylation is 1. The van der Waals surface area contributed by atoms with Crippen molar-refractivity contribution < 1.29 is 9.53 Å². The molecule has 0 aliphatic heterocycles. The molecule has 0 saturated carbocycles. The van der Waals surface area contributed by atoms with Crippen LogP contribution in [0.2, 0.25) is 0 Å². The van der Waals surface area contributed by atoms with Crippen molar-refractivity contribution in [2.75, 3.05) is 6.61 Å². The summed E-state index contributed by atoms with van der Waals surface area (Å²) in [5, 5.41) is 7.91. The Kier molecular flexibility index (Phi) is 7.98. The highest BCUT2D eigenvalue weighted by Crippen LogP contribution is 2.36. The summed E-state index contributed by atoms with van der Waals surface area (Å²) in [6.07, 6.45) is 12.3. The Morgan fingerprint density at radius 1 is 0.688 bits per heavy atom. The second-order valence-electron chi connectivity index (χ2n) is 9.13. The summed E-state index contributed by atoms with van der Waals surface area (Å²) in [5.41, 5.74) is 1.33. The van der Waals surface area contributed by atoms with E-state index in [2.05, 4.69) is 61.5 Å².